The lowest BCUT2D eigenvalue weighted by Gasteiger charge is -2.30. The maximum atomic E-state index is 11.5. The average molecular weight is 500 g/mol. The minimum absolute atomic E-state index is 0. The molecule has 1 fully saturated rings. The van der Waals surface area contributed by atoms with E-state index in [0.29, 0.717) is 6.54 Å². The van der Waals surface area contributed by atoms with E-state index in [4.69, 9.17) is 10.1 Å². The van der Waals surface area contributed by atoms with Gasteiger partial charge in [0, 0.05) is 18.8 Å². The molecule has 0 unspecified atom stereocenters. The molecule has 1 heterocycles. The number of primary sulfonamides is 1. The van der Waals surface area contributed by atoms with Crippen LogP contribution in [0.3, 0.4) is 0 Å². The van der Waals surface area contributed by atoms with Crippen molar-refractivity contribution in [3.8, 4) is 0 Å². The smallest absolute Gasteiger partial charge is 0.238 e. The standard InChI is InChI=1S/C19H24N4O2S.HI/c20-26(24,25)18-11-7-8-16(14-18)15-21-19(23-12-5-2-6-13-23)22-17-9-3-1-4-10-17;/h1,3-4,7-11,14H,2,5-6,12-13,15H2,(H,21,22)(H2,20,24,25);1H. The molecular formula is C19H25IN4O2S. The van der Waals surface area contributed by atoms with Gasteiger partial charge in [-0.15, -0.1) is 24.0 Å². The van der Waals surface area contributed by atoms with E-state index in [2.05, 4.69) is 10.2 Å². The first kappa shape index (κ1) is 21.6. The third kappa shape index (κ3) is 6.47. The van der Waals surface area contributed by atoms with Crippen LogP contribution in [-0.4, -0.2) is 32.4 Å². The SMILES string of the molecule is I.NS(=O)(=O)c1cccc(CN=C(Nc2ccccc2)N2CCCCC2)c1. The van der Waals surface area contributed by atoms with Crippen molar-refractivity contribution in [2.24, 2.45) is 10.1 Å². The van der Waals surface area contributed by atoms with Gasteiger partial charge in [-0.1, -0.05) is 30.3 Å². The number of nitrogens with zero attached hydrogens (tertiary/aromatic N) is 2. The first-order chi connectivity index (χ1) is 12.5. The predicted molar refractivity (Wildman–Crippen MR) is 120 cm³/mol. The van der Waals surface area contributed by atoms with Crippen LogP contribution in [0, 0.1) is 0 Å². The quantitative estimate of drug-likeness (QED) is 0.383. The Kier molecular flexibility index (Phi) is 8.06. The molecule has 146 valence electrons. The van der Waals surface area contributed by atoms with Crippen LogP contribution in [0.1, 0.15) is 24.8 Å². The van der Waals surface area contributed by atoms with Crippen molar-refractivity contribution in [2.45, 2.75) is 30.7 Å². The van der Waals surface area contributed by atoms with Crippen LogP contribution in [-0.2, 0) is 16.6 Å². The van der Waals surface area contributed by atoms with Crippen molar-refractivity contribution >= 4 is 45.6 Å². The zero-order valence-electron chi connectivity index (χ0n) is 15.0. The Morgan fingerprint density at radius 2 is 1.74 bits per heavy atom. The normalized spacial score (nSPS) is 15.1. The van der Waals surface area contributed by atoms with Crippen LogP contribution in [0.25, 0.3) is 0 Å². The number of guanidine groups is 1. The highest BCUT2D eigenvalue weighted by Gasteiger charge is 2.15. The fraction of sp³-hybridized carbons (Fsp3) is 0.316. The number of sulfonamides is 1. The van der Waals surface area contributed by atoms with Gasteiger partial charge in [-0.2, -0.15) is 0 Å². The van der Waals surface area contributed by atoms with Crippen LogP contribution < -0.4 is 10.5 Å². The highest BCUT2D eigenvalue weighted by atomic mass is 127. The van der Waals surface area contributed by atoms with E-state index >= 15 is 0 Å². The Bertz CT molecular complexity index is 866. The minimum Gasteiger partial charge on any atom is -0.343 e. The van der Waals surface area contributed by atoms with Gasteiger partial charge in [-0.25, -0.2) is 18.5 Å². The number of hydrogen-bond donors (Lipinski definition) is 2. The van der Waals surface area contributed by atoms with Crippen molar-refractivity contribution in [3.05, 3.63) is 60.2 Å². The molecule has 0 amide bonds. The van der Waals surface area contributed by atoms with Crippen molar-refractivity contribution in [2.75, 3.05) is 18.4 Å². The molecule has 1 aliphatic heterocycles. The number of nitrogens with one attached hydrogen (secondary N) is 1. The molecule has 0 atom stereocenters. The Morgan fingerprint density at radius 3 is 2.41 bits per heavy atom. The van der Waals surface area contributed by atoms with Gasteiger partial charge in [-0.05, 0) is 49.1 Å². The maximum Gasteiger partial charge on any atom is 0.238 e. The van der Waals surface area contributed by atoms with E-state index in [1.165, 1.54) is 12.5 Å². The summed E-state index contributed by atoms with van der Waals surface area (Å²) in [5.74, 6) is 0.817. The van der Waals surface area contributed by atoms with Crippen molar-refractivity contribution in [1.82, 2.24) is 4.90 Å². The second-order valence-electron chi connectivity index (χ2n) is 6.37. The molecule has 8 heteroatoms. The van der Waals surface area contributed by atoms with E-state index < -0.39 is 10.0 Å². The summed E-state index contributed by atoms with van der Waals surface area (Å²) in [6.07, 6.45) is 3.54. The number of rotatable bonds is 4. The summed E-state index contributed by atoms with van der Waals surface area (Å²) < 4.78 is 23.1. The van der Waals surface area contributed by atoms with Gasteiger partial charge in [0.25, 0.3) is 0 Å². The Balaban J connectivity index is 0.00000261. The number of halogens is 1. The Hall–Kier alpha value is -1.65. The van der Waals surface area contributed by atoms with Gasteiger partial charge < -0.3 is 10.2 Å². The van der Waals surface area contributed by atoms with Crippen molar-refractivity contribution in [3.63, 3.8) is 0 Å². The number of piperidine rings is 1. The predicted octanol–water partition coefficient (Wildman–Crippen LogP) is 3.41. The molecule has 0 bridgehead atoms. The summed E-state index contributed by atoms with van der Waals surface area (Å²) in [6.45, 7) is 2.32. The molecule has 27 heavy (non-hydrogen) atoms. The summed E-state index contributed by atoms with van der Waals surface area (Å²) in [7, 11) is -3.71. The number of likely N-dealkylation sites (tertiary alicyclic amines) is 1. The molecule has 6 nitrogen and oxygen atoms in total. The lowest BCUT2D eigenvalue weighted by molar-refractivity contribution is 0.340. The Labute approximate surface area is 177 Å². The largest absolute Gasteiger partial charge is 0.343 e. The summed E-state index contributed by atoms with van der Waals surface area (Å²) in [5, 5.41) is 8.61. The molecule has 0 saturated carbocycles. The van der Waals surface area contributed by atoms with Gasteiger partial charge in [0.15, 0.2) is 5.96 Å². The summed E-state index contributed by atoms with van der Waals surface area (Å²) in [4.78, 5) is 7.09. The van der Waals surface area contributed by atoms with E-state index in [1.807, 2.05) is 36.4 Å². The number of para-hydroxylation sites is 1. The molecule has 2 aromatic rings. The molecule has 1 saturated heterocycles. The highest BCUT2D eigenvalue weighted by Crippen LogP contribution is 2.15. The molecule has 3 rings (SSSR count). The van der Waals surface area contributed by atoms with E-state index in [9.17, 15) is 8.42 Å². The van der Waals surface area contributed by atoms with Crippen LogP contribution in [0.2, 0.25) is 0 Å². The summed E-state index contributed by atoms with van der Waals surface area (Å²) in [6, 6.07) is 16.6. The topological polar surface area (TPSA) is 87.8 Å². The van der Waals surface area contributed by atoms with Gasteiger partial charge in [0.2, 0.25) is 10.0 Å². The second kappa shape index (κ2) is 10.0. The minimum atomic E-state index is -3.71. The van der Waals surface area contributed by atoms with Crippen LogP contribution in [0.5, 0.6) is 0 Å². The zero-order valence-corrected chi connectivity index (χ0v) is 18.2. The molecule has 0 aromatic heterocycles. The first-order valence-corrected chi connectivity index (χ1v) is 10.3. The van der Waals surface area contributed by atoms with Crippen molar-refractivity contribution < 1.29 is 8.42 Å². The van der Waals surface area contributed by atoms with Gasteiger partial charge in [0.1, 0.15) is 0 Å². The first-order valence-electron chi connectivity index (χ1n) is 8.75. The second-order valence-corrected chi connectivity index (χ2v) is 7.93. The third-order valence-corrected chi connectivity index (χ3v) is 5.23. The van der Waals surface area contributed by atoms with Gasteiger partial charge in [0.05, 0.1) is 11.4 Å². The van der Waals surface area contributed by atoms with Crippen LogP contribution in [0.15, 0.2) is 64.5 Å². The molecule has 1 aliphatic rings. The van der Waals surface area contributed by atoms with E-state index in [1.54, 1.807) is 12.1 Å². The molecule has 2 aromatic carbocycles. The lowest BCUT2D eigenvalue weighted by Crippen LogP contribution is -2.40. The molecule has 0 spiro atoms. The van der Waals surface area contributed by atoms with Crippen LogP contribution >= 0.6 is 24.0 Å². The fourth-order valence-corrected chi connectivity index (χ4v) is 3.55. The van der Waals surface area contributed by atoms with Crippen molar-refractivity contribution in [1.29, 1.82) is 0 Å². The number of hydrogen-bond acceptors (Lipinski definition) is 3. The summed E-state index contributed by atoms with van der Waals surface area (Å²) in [5.41, 5.74) is 1.79. The lowest BCUT2D eigenvalue weighted by atomic mass is 10.1. The number of aliphatic imine (C=N–C) groups is 1. The molecular weight excluding hydrogens is 475 g/mol. The van der Waals surface area contributed by atoms with Gasteiger partial charge >= 0.3 is 0 Å². The third-order valence-electron chi connectivity index (χ3n) is 4.32. The molecule has 3 N–H and O–H groups in total. The van der Waals surface area contributed by atoms with Crippen LogP contribution in [0.4, 0.5) is 5.69 Å². The summed E-state index contributed by atoms with van der Waals surface area (Å²) >= 11 is 0. The van der Waals surface area contributed by atoms with E-state index in [-0.39, 0.29) is 28.9 Å². The monoisotopic (exact) mass is 500 g/mol. The van der Waals surface area contributed by atoms with Gasteiger partial charge in [-0.3, -0.25) is 0 Å². The zero-order chi connectivity index (χ0) is 18.4. The number of benzene rings is 2. The highest BCUT2D eigenvalue weighted by molar-refractivity contribution is 14.0. The average Bonchev–Trinajstić information content (AvgIpc) is 2.66. The number of anilines is 1. The maximum absolute atomic E-state index is 11.5. The molecule has 0 radical (unpaired) electrons. The fourth-order valence-electron chi connectivity index (χ4n) is 2.96. The van der Waals surface area contributed by atoms with E-state index in [0.717, 1.165) is 43.1 Å². The molecule has 0 aliphatic carbocycles. The Morgan fingerprint density at radius 1 is 1.04 bits per heavy atom. The number of nitrogens with two attached hydrogens (primary N) is 1.